The zero-order chi connectivity index (χ0) is 19.3. The van der Waals surface area contributed by atoms with Crippen molar-refractivity contribution >= 4 is 34.2 Å². The molecule has 0 aliphatic carbocycles. The Morgan fingerprint density at radius 3 is 2.54 bits per heavy atom. The molecule has 0 atom stereocenters. The quantitative estimate of drug-likeness (QED) is 0.750. The van der Waals surface area contributed by atoms with E-state index in [0.29, 0.717) is 15.4 Å². The van der Waals surface area contributed by atoms with Crippen LogP contribution >= 0.6 is 11.3 Å². The Morgan fingerprint density at radius 2 is 1.85 bits per heavy atom. The number of anilines is 1. The van der Waals surface area contributed by atoms with E-state index in [1.165, 1.54) is 12.1 Å². The van der Waals surface area contributed by atoms with Crippen LogP contribution in [0.25, 0.3) is 0 Å². The molecule has 1 aromatic heterocycles. The molecule has 0 saturated carbocycles. The number of hydrogen-bond donors (Lipinski definition) is 2. The number of hydrogen-bond acceptors (Lipinski definition) is 7. The first-order chi connectivity index (χ1) is 12.3. The number of phenols is 1. The van der Waals surface area contributed by atoms with Crippen molar-refractivity contribution in [1.82, 2.24) is 0 Å². The van der Waals surface area contributed by atoms with E-state index >= 15 is 0 Å². The highest BCUT2D eigenvalue weighted by Crippen LogP contribution is 2.27. The highest BCUT2D eigenvalue weighted by molar-refractivity contribution is 7.18. The second-order valence-corrected chi connectivity index (χ2v) is 6.54. The molecule has 0 radical (unpaired) electrons. The van der Waals surface area contributed by atoms with Gasteiger partial charge in [0.05, 0.1) is 11.6 Å². The van der Waals surface area contributed by atoms with E-state index in [4.69, 9.17) is 9.47 Å². The summed E-state index contributed by atoms with van der Waals surface area (Å²) in [5, 5.41) is 12.7. The normalized spacial score (nSPS) is 10.3. The first kappa shape index (κ1) is 19.5. The van der Waals surface area contributed by atoms with Crippen molar-refractivity contribution in [3.8, 4) is 5.75 Å². The van der Waals surface area contributed by atoms with E-state index in [0.717, 1.165) is 16.9 Å². The van der Waals surface area contributed by atoms with Crippen molar-refractivity contribution in [3.63, 3.8) is 0 Å². The number of benzene rings is 1. The summed E-state index contributed by atoms with van der Waals surface area (Å²) < 4.78 is 9.86. The number of carbonyl (C=O) groups excluding carboxylic acids is 3. The predicted molar refractivity (Wildman–Crippen MR) is 96.8 cm³/mol. The van der Waals surface area contributed by atoms with Crippen LogP contribution in [0.15, 0.2) is 24.3 Å². The molecule has 0 aliphatic heterocycles. The number of esters is 2. The second kappa shape index (κ2) is 8.48. The Bertz CT molecular complexity index is 842. The molecule has 1 amide bonds. The third-order valence-corrected chi connectivity index (χ3v) is 4.48. The summed E-state index contributed by atoms with van der Waals surface area (Å²) >= 11 is 1.08. The van der Waals surface area contributed by atoms with Crippen LogP contribution in [-0.2, 0) is 14.3 Å². The van der Waals surface area contributed by atoms with E-state index in [1.54, 1.807) is 32.9 Å². The lowest BCUT2D eigenvalue weighted by molar-refractivity contribution is -0.119. The Morgan fingerprint density at radius 1 is 1.12 bits per heavy atom. The van der Waals surface area contributed by atoms with Crippen LogP contribution in [0.1, 0.15) is 38.1 Å². The van der Waals surface area contributed by atoms with E-state index in [-0.39, 0.29) is 17.9 Å². The number of carbonyl (C=O) groups is 3. The molecule has 138 valence electrons. The van der Waals surface area contributed by atoms with Gasteiger partial charge in [0.1, 0.15) is 16.2 Å². The van der Waals surface area contributed by atoms with Crippen LogP contribution in [-0.4, -0.2) is 36.2 Å². The SMILES string of the molecule is CCOC(=O)c1sc(NC(=O)COC(=O)c2cc(C)ccc2O)cc1C. The first-order valence-corrected chi connectivity index (χ1v) is 8.67. The maximum Gasteiger partial charge on any atom is 0.348 e. The van der Waals surface area contributed by atoms with E-state index < -0.39 is 24.5 Å². The van der Waals surface area contributed by atoms with Gasteiger partial charge in [0.25, 0.3) is 5.91 Å². The van der Waals surface area contributed by atoms with Crippen LogP contribution in [0.2, 0.25) is 0 Å². The molecule has 7 nitrogen and oxygen atoms in total. The fourth-order valence-corrected chi connectivity index (χ4v) is 3.12. The fraction of sp³-hybridized carbons (Fsp3) is 0.278. The molecule has 0 aliphatic rings. The second-order valence-electron chi connectivity index (χ2n) is 5.49. The van der Waals surface area contributed by atoms with E-state index in [9.17, 15) is 19.5 Å². The summed E-state index contributed by atoms with van der Waals surface area (Å²) in [6, 6.07) is 6.16. The van der Waals surface area contributed by atoms with Gasteiger partial charge in [0.2, 0.25) is 0 Å². The molecule has 1 aromatic carbocycles. The molecule has 2 N–H and O–H groups in total. The molecule has 0 fully saturated rings. The van der Waals surface area contributed by atoms with Crippen molar-refractivity contribution in [1.29, 1.82) is 0 Å². The van der Waals surface area contributed by atoms with Crippen molar-refractivity contribution in [2.75, 3.05) is 18.5 Å². The van der Waals surface area contributed by atoms with Gasteiger partial charge in [-0.3, -0.25) is 4.79 Å². The predicted octanol–water partition coefficient (Wildman–Crippen LogP) is 3.04. The number of rotatable bonds is 6. The van der Waals surface area contributed by atoms with Gasteiger partial charge in [-0.2, -0.15) is 0 Å². The molecule has 1 heterocycles. The summed E-state index contributed by atoms with van der Waals surface area (Å²) in [7, 11) is 0. The molecular formula is C18H19NO6S. The number of phenolic OH excluding ortho intramolecular Hbond substituents is 1. The van der Waals surface area contributed by atoms with Gasteiger partial charge in [0, 0.05) is 0 Å². The molecule has 0 saturated heterocycles. The molecular weight excluding hydrogens is 358 g/mol. The Labute approximate surface area is 154 Å². The summed E-state index contributed by atoms with van der Waals surface area (Å²) in [5.74, 6) is -2.01. The van der Waals surface area contributed by atoms with Gasteiger partial charge in [-0.15, -0.1) is 11.3 Å². The number of amides is 1. The van der Waals surface area contributed by atoms with Gasteiger partial charge in [-0.1, -0.05) is 11.6 Å². The summed E-state index contributed by atoms with van der Waals surface area (Å²) in [6.45, 7) is 4.96. The first-order valence-electron chi connectivity index (χ1n) is 7.86. The smallest absolute Gasteiger partial charge is 0.348 e. The minimum absolute atomic E-state index is 0.00522. The topological polar surface area (TPSA) is 102 Å². The minimum Gasteiger partial charge on any atom is -0.507 e. The molecule has 2 rings (SSSR count). The van der Waals surface area contributed by atoms with Gasteiger partial charge >= 0.3 is 11.9 Å². The monoisotopic (exact) mass is 377 g/mol. The van der Waals surface area contributed by atoms with Crippen LogP contribution < -0.4 is 5.32 Å². The van der Waals surface area contributed by atoms with Gasteiger partial charge < -0.3 is 19.9 Å². The summed E-state index contributed by atoms with van der Waals surface area (Å²) in [6.07, 6.45) is 0. The highest BCUT2D eigenvalue weighted by Gasteiger charge is 2.18. The Kier molecular flexibility index (Phi) is 6.35. The zero-order valence-electron chi connectivity index (χ0n) is 14.6. The Balaban J connectivity index is 1.95. The van der Waals surface area contributed by atoms with Crippen molar-refractivity contribution in [2.45, 2.75) is 20.8 Å². The van der Waals surface area contributed by atoms with Gasteiger partial charge in [-0.25, -0.2) is 9.59 Å². The maximum atomic E-state index is 12.0. The largest absolute Gasteiger partial charge is 0.507 e. The Hall–Kier alpha value is -2.87. The summed E-state index contributed by atoms with van der Waals surface area (Å²) in [5.41, 5.74) is 1.46. The van der Waals surface area contributed by atoms with Crippen LogP contribution in [0, 0.1) is 13.8 Å². The minimum atomic E-state index is -0.795. The average Bonchev–Trinajstić information content (AvgIpc) is 2.95. The number of aromatic hydroxyl groups is 1. The number of ether oxygens (including phenoxy) is 2. The molecule has 0 bridgehead atoms. The van der Waals surface area contributed by atoms with Gasteiger partial charge in [-0.05, 0) is 44.5 Å². The molecule has 2 aromatic rings. The lowest BCUT2D eigenvalue weighted by Gasteiger charge is -2.07. The summed E-state index contributed by atoms with van der Waals surface area (Å²) in [4.78, 5) is 36.1. The van der Waals surface area contributed by atoms with Gasteiger partial charge in [0.15, 0.2) is 6.61 Å². The van der Waals surface area contributed by atoms with Crippen LogP contribution in [0.4, 0.5) is 5.00 Å². The van der Waals surface area contributed by atoms with E-state index in [1.807, 2.05) is 0 Å². The molecule has 0 spiro atoms. The molecule has 26 heavy (non-hydrogen) atoms. The maximum absolute atomic E-state index is 12.0. The van der Waals surface area contributed by atoms with E-state index in [2.05, 4.69) is 5.32 Å². The number of aryl methyl sites for hydroxylation is 2. The average molecular weight is 377 g/mol. The standard InChI is InChI=1S/C18H19NO6S/c1-4-24-18(23)16-11(3)8-15(26-16)19-14(21)9-25-17(22)12-7-10(2)5-6-13(12)20/h5-8,20H,4,9H2,1-3H3,(H,19,21). The zero-order valence-corrected chi connectivity index (χ0v) is 15.4. The van der Waals surface area contributed by atoms with Crippen molar-refractivity contribution < 1.29 is 29.0 Å². The number of thiophene rings is 1. The third kappa shape index (κ3) is 4.82. The van der Waals surface area contributed by atoms with Crippen molar-refractivity contribution in [3.05, 3.63) is 45.8 Å². The molecule has 0 unspecified atom stereocenters. The van der Waals surface area contributed by atoms with Crippen molar-refractivity contribution in [2.24, 2.45) is 0 Å². The highest BCUT2D eigenvalue weighted by atomic mass is 32.1. The lowest BCUT2D eigenvalue weighted by Crippen LogP contribution is -2.20. The van der Waals surface area contributed by atoms with Crippen LogP contribution in [0.5, 0.6) is 5.75 Å². The number of nitrogens with one attached hydrogen (secondary N) is 1. The van der Waals surface area contributed by atoms with Crippen LogP contribution in [0.3, 0.4) is 0 Å². The third-order valence-electron chi connectivity index (χ3n) is 3.35. The fourth-order valence-electron chi connectivity index (χ4n) is 2.14. The lowest BCUT2D eigenvalue weighted by atomic mass is 10.1. The molecule has 8 heteroatoms.